The predicted molar refractivity (Wildman–Crippen MR) is 96.6 cm³/mol. The monoisotopic (exact) mass is 417 g/mol. The molecule has 2 amide bonds. The van der Waals surface area contributed by atoms with E-state index in [1.165, 1.54) is 9.80 Å². The summed E-state index contributed by atoms with van der Waals surface area (Å²) in [4.78, 5) is 37.7. The lowest BCUT2D eigenvalue weighted by molar-refractivity contribution is -0.385. The third kappa shape index (κ3) is 6.61. The Balaban J connectivity index is 2.12. The Kier molecular flexibility index (Phi) is 6.39. The molecule has 1 heterocycles. The lowest BCUT2D eigenvalue weighted by Crippen LogP contribution is -2.51. The number of nitro groups is 1. The summed E-state index contributed by atoms with van der Waals surface area (Å²) in [6, 6.07) is 2.79. The van der Waals surface area contributed by atoms with Crippen molar-refractivity contribution in [2.45, 2.75) is 39.0 Å². The van der Waals surface area contributed by atoms with Gasteiger partial charge in [0.2, 0.25) is 0 Å². The van der Waals surface area contributed by atoms with Crippen molar-refractivity contribution >= 4 is 17.7 Å². The van der Waals surface area contributed by atoms with Gasteiger partial charge in [-0.3, -0.25) is 14.9 Å². The van der Waals surface area contributed by atoms with E-state index in [0.29, 0.717) is 0 Å². The van der Waals surface area contributed by atoms with Crippen molar-refractivity contribution in [1.82, 2.24) is 9.80 Å². The van der Waals surface area contributed by atoms with E-state index < -0.39 is 40.8 Å². The van der Waals surface area contributed by atoms with Crippen LogP contribution >= 0.6 is 0 Å². The van der Waals surface area contributed by atoms with Crippen LogP contribution in [0.1, 0.15) is 36.7 Å². The van der Waals surface area contributed by atoms with Gasteiger partial charge >= 0.3 is 12.3 Å². The first kappa shape index (κ1) is 22.4. The van der Waals surface area contributed by atoms with E-state index in [1.807, 2.05) is 0 Å². The number of hydrogen-bond acceptors (Lipinski definition) is 5. The van der Waals surface area contributed by atoms with Crippen molar-refractivity contribution in [3.8, 4) is 0 Å². The normalized spacial score (nSPS) is 15.2. The zero-order chi connectivity index (χ0) is 22.0. The van der Waals surface area contributed by atoms with E-state index in [-0.39, 0.29) is 37.3 Å². The van der Waals surface area contributed by atoms with Crippen LogP contribution in [0.25, 0.3) is 0 Å². The maximum Gasteiger partial charge on any atom is 0.410 e. The maximum absolute atomic E-state index is 12.7. The smallest absolute Gasteiger partial charge is 0.410 e. The molecular weight excluding hydrogens is 395 g/mol. The molecule has 8 nitrogen and oxygen atoms in total. The van der Waals surface area contributed by atoms with Gasteiger partial charge in [0.1, 0.15) is 5.60 Å². The van der Waals surface area contributed by atoms with Gasteiger partial charge in [0.05, 0.1) is 11.3 Å². The summed E-state index contributed by atoms with van der Waals surface area (Å²) in [5.74, 6) is -0.624. The molecule has 0 saturated carbocycles. The topological polar surface area (TPSA) is 93.0 Å². The number of non-ortho nitro benzene ring substituents is 1. The molecule has 0 radical (unpaired) electrons. The fourth-order valence-corrected chi connectivity index (χ4v) is 2.84. The number of halogens is 3. The van der Waals surface area contributed by atoms with Gasteiger partial charge in [0, 0.05) is 43.9 Å². The third-order valence-electron chi connectivity index (χ3n) is 4.06. The van der Waals surface area contributed by atoms with Crippen LogP contribution in [0.2, 0.25) is 0 Å². The third-order valence-corrected chi connectivity index (χ3v) is 4.06. The minimum Gasteiger partial charge on any atom is -0.444 e. The molecule has 1 saturated heterocycles. The van der Waals surface area contributed by atoms with Crippen LogP contribution in [-0.4, -0.2) is 64.7 Å². The first-order valence-corrected chi connectivity index (χ1v) is 8.87. The molecule has 2 rings (SSSR count). The van der Waals surface area contributed by atoms with Crippen molar-refractivity contribution in [3.63, 3.8) is 0 Å². The summed E-state index contributed by atoms with van der Waals surface area (Å²) in [6.07, 6.45) is -6.46. The molecule has 11 heteroatoms. The molecular formula is C18H22F3N3O5. The molecule has 1 aromatic rings. The number of carbonyl (C=O) groups excluding carboxylic acids is 2. The first-order chi connectivity index (χ1) is 13.2. The molecule has 1 aliphatic heterocycles. The SMILES string of the molecule is CC(C)(C)OC(=O)N1CCN(C(=O)c2cc(CC(F)(F)F)cc([N+](=O)[O-])c2)CC1. The molecule has 0 atom stereocenters. The van der Waals surface area contributed by atoms with Crippen LogP contribution in [0.15, 0.2) is 18.2 Å². The van der Waals surface area contributed by atoms with Gasteiger partial charge in [-0.05, 0) is 32.4 Å². The number of carbonyl (C=O) groups is 2. The Morgan fingerprint density at radius 2 is 1.62 bits per heavy atom. The van der Waals surface area contributed by atoms with E-state index in [4.69, 9.17) is 4.74 Å². The molecule has 0 spiro atoms. The molecule has 160 valence electrons. The summed E-state index contributed by atoms with van der Waals surface area (Å²) in [7, 11) is 0. The highest BCUT2D eigenvalue weighted by molar-refractivity contribution is 5.95. The lowest BCUT2D eigenvalue weighted by atomic mass is 10.0. The zero-order valence-corrected chi connectivity index (χ0v) is 16.3. The number of piperazine rings is 1. The standard InChI is InChI=1S/C18H22F3N3O5/c1-17(2,3)29-16(26)23-6-4-22(5-7-23)15(25)13-8-12(11-18(19,20)21)9-14(10-13)24(27)28/h8-10H,4-7,11H2,1-3H3. The van der Waals surface area contributed by atoms with Gasteiger partial charge in [0.25, 0.3) is 11.6 Å². The average molecular weight is 417 g/mol. The number of nitrogens with zero attached hydrogens (tertiary/aromatic N) is 3. The van der Waals surface area contributed by atoms with Gasteiger partial charge in [-0.25, -0.2) is 4.79 Å². The van der Waals surface area contributed by atoms with Crippen molar-refractivity contribution in [2.75, 3.05) is 26.2 Å². The second-order valence-electron chi connectivity index (χ2n) is 7.70. The van der Waals surface area contributed by atoms with Crippen LogP contribution in [-0.2, 0) is 11.2 Å². The lowest BCUT2D eigenvalue weighted by Gasteiger charge is -2.35. The molecule has 1 fully saturated rings. The minimum atomic E-state index is -4.56. The van der Waals surface area contributed by atoms with Crippen molar-refractivity contribution < 1.29 is 32.4 Å². The van der Waals surface area contributed by atoms with Crippen LogP contribution in [0, 0.1) is 10.1 Å². The Hall–Kier alpha value is -2.85. The second kappa shape index (κ2) is 8.26. The van der Waals surface area contributed by atoms with E-state index in [9.17, 15) is 32.9 Å². The number of benzene rings is 1. The van der Waals surface area contributed by atoms with E-state index in [2.05, 4.69) is 0 Å². The molecule has 1 aliphatic rings. The number of hydrogen-bond donors (Lipinski definition) is 0. The molecule has 0 N–H and O–H groups in total. The summed E-state index contributed by atoms with van der Waals surface area (Å²) in [5, 5.41) is 11.0. The first-order valence-electron chi connectivity index (χ1n) is 8.87. The quantitative estimate of drug-likeness (QED) is 0.555. The molecule has 1 aromatic carbocycles. The van der Waals surface area contributed by atoms with E-state index in [0.717, 1.165) is 18.2 Å². The fraction of sp³-hybridized carbons (Fsp3) is 0.556. The summed E-state index contributed by atoms with van der Waals surface area (Å²) in [6.45, 7) is 5.82. The Morgan fingerprint density at radius 3 is 2.10 bits per heavy atom. The number of amides is 2. The molecule has 0 aliphatic carbocycles. The number of rotatable bonds is 3. The van der Waals surface area contributed by atoms with Crippen LogP contribution in [0.4, 0.5) is 23.7 Å². The number of nitro benzene ring substituents is 1. The van der Waals surface area contributed by atoms with E-state index in [1.54, 1.807) is 20.8 Å². The molecule has 29 heavy (non-hydrogen) atoms. The Morgan fingerprint density at radius 1 is 1.07 bits per heavy atom. The van der Waals surface area contributed by atoms with E-state index >= 15 is 0 Å². The fourth-order valence-electron chi connectivity index (χ4n) is 2.84. The minimum absolute atomic E-state index is 0.134. The largest absolute Gasteiger partial charge is 0.444 e. The summed E-state index contributed by atoms with van der Waals surface area (Å²) in [5.41, 5.74) is -1.80. The van der Waals surface area contributed by atoms with Crippen molar-refractivity contribution in [3.05, 3.63) is 39.4 Å². The van der Waals surface area contributed by atoms with Crippen molar-refractivity contribution in [2.24, 2.45) is 0 Å². The average Bonchev–Trinajstić information content (AvgIpc) is 2.58. The number of alkyl halides is 3. The zero-order valence-electron chi connectivity index (χ0n) is 16.3. The summed E-state index contributed by atoms with van der Waals surface area (Å²) >= 11 is 0. The Labute approximate surface area is 165 Å². The molecule has 0 unspecified atom stereocenters. The van der Waals surface area contributed by atoms with Crippen LogP contribution < -0.4 is 0 Å². The predicted octanol–water partition coefficient (Wildman–Crippen LogP) is 3.39. The van der Waals surface area contributed by atoms with Crippen LogP contribution in [0.3, 0.4) is 0 Å². The highest BCUT2D eigenvalue weighted by Crippen LogP contribution is 2.26. The molecule has 0 aromatic heterocycles. The van der Waals surface area contributed by atoms with Crippen LogP contribution in [0.5, 0.6) is 0 Å². The van der Waals surface area contributed by atoms with Gasteiger partial charge in [-0.2, -0.15) is 13.2 Å². The van der Waals surface area contributed by atoms with Gasteiger partial charge in [-0.15, -0.1) is 0 Å². The maximum atomic E-state index is 12.7. The van der Waals surface area contributed by atoms with Gasteiger partial charge in [-0.1, -0.05) is 0 Å². The second-order valence-corrected chi connectivity index (χ2v) is 7.70. The highest BCUT2D eigenvalue weighted by Gasteiger charge is 2.31. The van der Waals surface area contributed by atoms with Crippen molar-refractivity contribution in [1.29, 1.82) is 0 Å². The summed E-state index contributed by atoms with van der Waals surface area (Å²) < 4.78 is 43.3. The highest BCUT2D eigenvalue weighted by atomic mass is 19.4. The van der Waals surface area contributed by atoms with Gasteiger partial charge < -0.3 is 14.5 Å². The van der Waals surface area contributed by atoms with Gasteiger partial charge in [0.15, 0.2) is 0 Å². The Bertz CT molecular complexity index is 797. The number of ether oxygens (including phenoxy) is 1. The molecule has 0 bridgehead atoms.